The van der Waals surface area contributed by atoms with Crippen LogP contribution in [-0.2, 0) is 11.2 Å². The Balaban J connectivity index is 2.26. The monoisotopic (exact) mass is 230 g/mol. The van der Waals surface area contributed by atoms with Gasteiger partial charge in [-0.2, -0.15) is 0 Å². The lowest BCUT2D eigenvalue weighted by Crippen LogP contribution is -2.17. The third-order valence-electron chi connectivity index (χ3n) is 2.89. The molecule has 1 N–H and O–H groups in total. The first-order valence-electron chi connectivity index (χ1n) is 4.81. The van der Waals surface area contributed by atoms with Crippen molar-refractivity contribution < 1.29 is 23.1 Å². The molecule has 0 aliphatic heterocycles. The molecule has 0 amide bonds. The van der Waals surface area contributed by atoms with Gasteiger partial charge in [-0.3, -0.25) is 4.79 Å². The Morgan fingerprint density at radius 2 is 1.75 bits per heavy atom. The number of hydrogen-bond donors (Lipinski definition) is 1. The number of carbonyl (C=O) groups is 1. The van der Waals surface area contributed by atoms with Crippen LogP contribution in [0.15, 0.2) is 12.1 Å². The summed E-state index contributed by atoms with van der Waals surface area (Å²) in [5, 5.41) is 8.90. The Hall–Kier alpha value is -1.52. The molecule has 0 aromatic heterocycles. The van der Waals surface area contributed by atoms with Crippen LogP contribution in [0.25, 0.3) is 0 Å². The van der Waals surface area contributed by atoms with Crippen molar-refractivity contribution in [3.8, 4) is 0 Å². The number of aliphatic carboxylic acids is 1. The van der Waals surface area contributed by atoms with Gasteiger partial charge in [0.25, 0.3) is 0 Å². The largest absolute Gasteiger partial charge is 0.481 e. The van der Waals surface area contributed by atoms with E-state index in [1.165, 1.54) is 0 Å². The Kier molecular flexibility index (Phi) is 2.40. The van der Waals surface area contributed by atoms with Crippen LogP contribution in [0.4, 0.5) is 13.2 Å². The van der Waals surface area contributed by atoms with Crippen molar-refractivity contribution in [1.82, 2.24) is 0 Å². The van der Waals surface area contributed by atoms with Crippen LogP contribution < -0.4 is 0 Å². The molecule has 2 nitrogen and oxygen atoms in total. The van der Waals surface area contributed by atoms with E-state index in [0.717, 1.165) is 12.1 Å². The fourth-order valence-electron chi connectivity index (χ4n) is 1.72. The topological polar surface area (TPSA) is 37.3 Å². The Labute approximate surface area is 89.7 Å². The molecule has 1 fully saturated rings. The SMILES string of the molecule is O=C(O)C1(Cc2cc(F)c(F)c(F)c2)CC1. The molecule has 1 aliphatic carbocycles. The van der Waals surface area contributed by atoms with Gasteiger partial charge in [0.15, 0.2) is 17.5 Å². The molecule has 86 valence electrons. The zero-order valence-corrected chi connectivity index (χ0v) is 8.27. The molecule has 1 aromatic rings. The Morgan fingerprint density at radius 1 is 1.25 bits per heavy atom. The maximum atomic E-state index is 12.9. The summed E-state index contributed by atoms with van der Waals surface area (Å²) in [4.78, 5) is 10.9. The van der Waals surface area contributed by atoms with E-state index >= 15 is 0 Å². The second-order valence-electron chi connectivity index (χ2n) is 4.14. The van der Waals surface area contributed by atoms with Gasteiger partial charge in [-0.15, -0.1) is 0 Å². The summed E-state index contributed by atoms with van der Waals surface area (Å²) in [6, 6.07) is 1.70. The van der Waals surface area contributed by atoms with Gasteiger partial charge in [-0.1, -0.05) is 0 Å². The molecule has 0 unspecified atom stereocenters. The quantitative estimate of drug-likeness (QED) is 0.810. The number of benzene rings is 1. The van der Waals surface area contributed by atoms with Crippen molar-refractivity contribution in [3.63, 3.8) is 0 Å². The predicted octanol–water partition coefficient (Wildman–Crippen LogP) is 2.51. The molecular weight excluding hydrogens is 221 g/mol. The number of hydrogen-bond acceptors (Lipinski definition) is 1. The maximum absolute atomic E-state index is 12.9. The minimum Gasteiger partial charge on any atom is -0.481 e. The second-order valence-corrected chi connectivity index (χ2v) is 4.14. The summed E-state index contributed by atoms with van der Waals surface area (Å²) in [6.07, 6.45) is 1.02. The van der Waals surface area contributed by atoms with E-state index in [9.17, 15) is 18.0 Å². The van der Waals surface area contributed by atoms with Crippen LogP contribution in [0.5, 0.6) is 0 Å². The molecule has 0 radical (unpaired) electrons. The molecule has 1 aliphatic rings. The lowest BCUT2D eigenvalue weighted by molar-refractivity contribution is -0.143. The van der Waals surface area contributed by atoms with E-state index < -0.39 is 28.8 Å². The van der Waals surface area contributed by atoms with Crippen LogP contribution >= 0.6 is 0 Å². The van der Waals surface area contributed by atoms with Crippen molar-refractivity contribution in [3.05, 3.63) is 35.1 Å². The highest BCUT2D eigenvalue weighted by atomic mass is 19.2. The molecule has 1 aromatic carbocycles. The van der Waals surface area contributed by atoms with Gasteiger partial charge in [-0.05, 0) is 37.0 Å². The van der Waals surface area contributed by atoms with Gasteiger partial charge in [0.2, 0.25) is 0 Å². The number of carboxylic acid groups (broad SMARTS) is 1. The van der Waals surface area contributed by atoms with Crippen LogP contribution in [-0.4, -0.2) is 11.1 Å². The van der Waals surface area contributed by atoms with Gasteiger partial charge in [0, 0.05) is 0 Å². The van der Waals surface area contributed by atoms with Crippen LogP contribution in [0.2, 0.25) is 0 Å². The molecule has 0 heterocycles. The van der Waals surface area contributed by atoms with Crippen LogP contribution in [0.1, 0.15) is 18.4 Å². The molecule has 5 heteroatoms. The minimum absolute atomic E-state index is 0.0381. The molecule has 1 saturated carbocycles. The number of rotatable bonds is 3. The van der Waals surface area contributed by atoms with Crippen LogP contribution in [0, 0.1) is 22.9 Å². The molecule has 0 spiro atoms. The first kappa shape index (κ1) is 11.0. The summed E-state index contributed by atoms with van der Waals surface area (Å²) >= 11 is 0. The summed E-state index contributed by atoms with van der Waals surface area (Å²) < 4.78 is 38.4. The zero-order valence-electron chi connectivity index (χ0n) is 8.27. The van der Waals surface area contributed by atoms with E-state index in [1.807, 2.05) is 0 Å². The highest BCUT2D eigenvalue weighted by molar-refractivity contribution is 5.78. The van der Waals surface area contributed by atoms with Crippen molar-refractivity contribution in [2.24, 2.45) is 5.41 Å². The minimum atomic E-state index is -1.52. The van der Waals surface area contributed by atoms with Crippen LogP contribution in [0.3, 0.4) is 0 Å². The van der Waals surface area contributed by atoms with E-state index in [-0.39, 0.29) is 12.0 Å². The third kappa shape index (κ3) is 1.77. The molecule has 0 bridgehead atoms. The van der Waals surface area contributed by atoms with Gasteiger partial charge in [-0.25, -0.2) is 13.2 Å². The fourth-order valence-corrected chi connectivity index (χ4v) is 1.72. The zero-order chi connectivity index (χ0) is 11.9. The van der Waals surface area contributed by atoms with Crippen molar-refractivity contribution in [1.29, 1.82) is 0 Å². The molecular formula is C11H9F3O2. The Morgan fingerprint density at radius 3 is 2.12 bits per heavy atom. The molecule has 0 saturated heterocycles. The van der Waals surface area contributed by atoms with Crippen molar-refractivity contribution in [2.45, 2.75) is 19.3 Å². The van der Waals surface area contributed by atoms with E-state index in [4.69, 9.17) is 5.11 Å². The lowest BCUT2D eigenvalue weighted by Gasteiger charge is -2.09. The van der Waals surface area contributed by atoms with E-state index in [2.05, 4.69) is 0 Å². The van der Waals surface area contributed by atoms with Gasteiger partial charge >= 0.3 is 5.97 Å². The highest BCUT2D eigenvalue weighted by Gasteiger charge is 2.50. The fraction of sp³-hybridized carbons (Fsp3) is 0.364. The second kappa shape index (κ2) is 3.50. The van der Waals surface area contributed by atoms with E-state index in [0.29, 0.717) is 12.8 Å². The predicted molar refractivity (Wildman–Crippen MR) is 49.3 cm³/mol. The summed E-state index contributed by atoms with van der Waals surface area (Å²) in [6.45, 7) is 0. The smallest absolute Gasteiger partial charge is 0.309 e. The first-order chi connectivity index (χ1) is 7.44. The molecule has 0 atom stereocenters. The average molecular weight is 230 g/mol. The number of halogens is 3. The van der Waals surface area contributed by atoms with Gasteiger partial charge < -0.3 is 5.11 Å². The number of carboxylic acids is 1. The molecule has 2 rings (SSSR count). The summed E-state index contributed by atoms with van der Waals surface area (Å²) in [5.74, 6) is -5.06. The van der Waals surface area contributed by atoms with Crippen molar-refractivity contribution in [2.75, 3.05) is 0 Å². The Bertz CT molecular complexity index is 430. The normalized spacial score (nSPS) is 17.2. The average Bonchev–Trinajstić information content (AvgIpc) is 2.95. The standard InChI is InChI=1S/C11H9F3O2/c12-7-3-6(4-8(13)9(7)14)5-11(1-2-11)10(15)16/h3-4H,1-2,5H2,(H,15,16). The molecule has 16 heavy (non-hydrogen) atoms. The van der Waals surface area contributed by atoms with Gasteiger partial charge in [0.05, 0.1) is 5.41 Å². The first-order valence-corrected chi connectivity index (χ1v) is 4.81. The maximum Gasteiger partial charge on any atom is 0.309 e. The third-order valence-corrected chi connectivity index (χ3v) is 2.89. The van der Waals surface area contributed by atoms with Crippen molar-refractivity contribution >= 4 is 5.97 Å². The van der Waals surface area contributed by atoms with Gasteiger partial charge in [0.1, 0.15) is 0 Å². The summed E-state index contributed by atoms with van der Waals surface area (Å²) in [5.41, 5.74) is -0.729. The highest BCUT2D eigenvalue weighted by Crippen LogP contribution is 2.48. The van der Waals surface area contributed by atoms with E-state index in [1.54, 1.807) is 0 Å². The lowest BCUT2D eigenvalue weighted by atomic mass is 9.96. The summed E-state index contributed by atoms with van der Waals surface area (Å²) in [7, 11) is 0.